The number of aliphatic hydroxyl groups is 3. The number of hydrogen-bond acceptors (Lipinski definition) is 12. The number of hydrogen-bond donors (Lipinski definition) is 3. The van der Waals surface area contributed by atoms with Gasteiger partial charge in [0.15, 0.2) is 0 Å². The summed E-state index contributed by atoms with van der Waals surface area (Å²) in [5, 5.41) is 34.1. The van der Waals surface area contributed by atoms with Gasteiger partial charge in [0.05, 0.1) is 51.8 Å². The highest BCUT2D eigenvalue weighted by atomic mass is 32.2. The van der Waals surface area contributed by atoms with Gasteiger partial charge in [-0.15, -0.1) is 18.3 Å². The molecule has 1 amide bonds. The largest absolute Gasteiger partial charge is 0.493 e. The molecule has 58 heavy (non-hydrogen) atoms. The zero-order chi connectivity index (χ0) is 41.5. The van der Waals surface area contributed by atoms with Crippen LogP contribution >= 0.6 is 11.8 Å². The molecule has 12 nitrogen and oxygen atoms in total. The number of oxime groups is 1. The molecule has 6 atom stereocenters. The lowest BCUT2D eigenvalue weighted by atomic mass is 9.55. The Morgan fingerprint density at radius 2 is 1.78 bits per heavy atom. The Bertz CT molecular complexity index is 1670. The molecule has 0 unspecified atom stereocenters. The van der Waals surface area contributed by atoms with E-state index in [1.165, 1.54) is 12.0 Å². The third kappa shape index (κ3) is 11.4. The minimum absolute atomic E-state index is 0.0697. The third-order valence-electron chi connectivity index (χ3n) is 10.9. The van der Waals surface area contributed by atoms with E-state index in [4.69, 9.17) is 33.7 Å². The van der Waals surface area contributed by atoms with Crippen molar-refractivity contribution in [1.82, 2.24) is 4.90 Å². The van der Waals surface area contributed by atoms with Gasteiger partial charge in [-0.2, -0.15) is 0 Å². The van der Waals surface area contributed by atoms with Gasteiger partial charge >= 0.3 is 6.09 Å². The quantitative estimate of drug-likeness (QED) is 0.0447. The Hall–Kier alpha value is -3.59. The fourth-order valence-electron chi connectivity index (χ4n) is 8.59. The number of rotatable bonds is 23. The van der Waals surface area contributed by atoms with Crippen molar-refractivity contribution in [3.05, 3.63) is 78.4 Å². The van der Waals surface area contributed by atoms with E-state index >= 15 is 0 Å². The van der Waals surface area contributed by atoms with Gasteiger partial charge in [-0.05, 0) is 94.2 Å². The Kier molecular flexibility index (Phi) is 17.4. The maximum atomic E-state index is 13.9. The highest BCUT2D eigenvalue weighted by Gasteiger charge is 2.65. The SMILES string of the molecule is C=CCO[C@@]12Oc3ccc(OCCSc4ccccc4)cc3[C@H]3[C@H](CCCCO)[C@@H](CCCCO)C=C(C(=NOC(C)(C)C)C[C@@H]1N(CCOCCO)C(=O)OC)[C@H]32. The van der Waals surface area contributed by atoms with Crippen LogP contribution in [0.3, 0.4) is 0 Å². The standard InChI is InChI=1S/C45H64N2O10S/c1-6-24-55-45-40(47(43(51)52-5)20-25-53-26-23-50)31-38(46-57-44(2,3)4)36-29-32(14-10-12-21-48)35(17-11-13-22-49)41(42(36)45)37-30-33(18-19-39(37)56-45)54-27-28-58-34-15-8-7-9-16-34/h6-9,15-16,18-19,29-30,32,35,40-42,48-50H,1,10-14,17,20-28,31H2,2-5H3/t32-,35+,40-,41+,42+,45+/m0/s1. The molecule has 1 saturated carbocycles. The first-order chi connectivity index (χ1) is 28.1. The molecule has 0 spiro atoms. The number of amides is 1. The summed E-state index contributed by atoms with van der Waals surface area (Å²) in [4.78, 5) is 22.9. The van der Waals surface area contributed by atoms with Gasteiger partial charge in [-0.3, -0.25) is 4.90 Å². The number of aliphatic hydroxyl groups excluding tert-OH is 3. The second kappa shape index (κ2) is 22.1. The van der Waals surface area contributed by atoms with E-state index in [2.05, 4.69) is 30.9 Å². The van der Waals surface area contributed by atoms with Crippen molar-refractivity contribution in [1.29, 1.82) is 0 Å². The summed E-state index contributed by atoms with van der Waals surface area (Å²) < 4.78 is 31.8. The molecule has 3 N–H and O–H groups in total. The normalized spacial score (nSPS) is 24.2. The lowest BCUT2D eigenvalue weighted by molar-refractivity contribution is -0.256. The highest BCUT2D eigenvalue weighted by molar-refractivity contribution is 7.99. The summed E-state index contributed by atoms with van der Waals surface area (Å²) in [5.41, 5.74) is 2.02. The van der Waals surface area contributed by atoms with Crippen molar-refractivity contribution in [3.8, 4) is 11.5 Å². The number of nitrogens with zero attached hydrogens (tertiary/aromatic N) is 2. The van der Waals surface area contributed by atoms with Crippen LogP contribution in [0.1, 0.15) is 77.2 Å². The second-order valence-corrected chi connectivity index (χ2v) is 17.2. The summed E-state index contributed by atoms with van der Waals surface area (Å²) in [7, 11) is 1.35. The topological polar surface area (TPSA) is 149 Å². The van der Waals surface area contributed by atoms with Gasteiger partial charge in [0.2, 0.25) is 5.79 Å². The lowest BCUT2D eigenvalue weighted by Crippen LogP contribution is -2.70. The number of carbonyl (C=O) groups excluding carboxylic acids is 1. The van der Waals surface area contributed by atoms with Crippen molar-refractivity contribution in [3.63, 3.8) is 0 Å². The smallest absolute Gasteiger partial charge is 0.410 e. The zero-order valence-electron chi connectivity index (χ0n) is 34.7. The zero-order valence-corrected chi connectivity index (χ0v) is 35.5. The summed E-state index contributed by atoms with van der Waals surface area (Å²) in [6.07, 6.45) is 8.30. The first-order valence-corrected chi connectivity index (χ1v) is 21.7. The molecule has 1 heterocycles. The summed E-state index contributed by atoms with van der Waals surface area (Å²) >= 11 is 1.74. The molecule has 0 radical (unpaired) electrons. The number of ether oxygens (including phenoxy) is 5. The van der Waals surface area contributed by atoms with Crippen LogP contribution in [0.4, 0.5) is 4.79 Å². The monoisotopic (exact) mass is 824 g/mol. The molecule has 2 aromatic rings. The number of allylic oxidation sites excluding steroid dienone is 1. The molecule has 2 aromatic carbocycles. The lowest BCUT2D eigenvalue weighted by Gasteiger charge is -2.59. The summed E-state index contributed by atoms with van der Waals surface area (Å²) in [6, 6.07) is 15.5. The third-order valence-corrected chi connectivity index (χ3v) is 11.9. The van der Waals surface area contributed by atoms with E-state index in [0.29, 0.717) is 30.9 Å². The van der Waals surface area contributed by atoms with Gasteiger partial charge in [0.25, 0.3) is 0 Å². The van der Waals surface area contributed by atoms with E-state index in [1.807, 2.05) is 51.1 Å². The maximum absolute atomic E-state index is 13.9. The summed E-state index contributed by atoms with van der Waals surface area (Å²) in [6.45, 7) is 10.9. The Morgan fingerprint density at radius 3 is 2.47 bits per heavy atom. The van der Waals surface area contributed by atoms with Crippen LogP contribution in [0.15, 0.2) is 82.9 Å². The minimum Gasteiger partial charge on any atom is -0.493 e. The van der Waals surface area contributed by atoms with Crippen molar-refractivity contribution >= 4 is 23.6 Å². The average molecular weight is 825 g/mol. The molecule has 320 valence electrons. The van der Waals surface area contributed by atoms with E-state index in [9.17, 15) is 20.1 Å². The molecule has 5 rings (SSSR count). The van der Waals surface area contributed by atoms with E-state index < -0.39 is 29.4 Å². The Morgan fingerprint density at radius 1 is 1.02 bits per heavy atom. The molecule has 0 aromatic heterocycles. The van der Waals surface area contributed by atoms with Gasteiger partial charge in [0.1, 0.15) is 23.1 Å². The van der Waals surface area contributed by atoms with Crippen molar-refractivity contribution in [2.75, 3.05) is 65.7 Å². The number of unbranched alkanes of at least 4 members (excludes halogenated alkanes) is 2. The molecule has 2 aliphatic carbocycles. The van der Waals surface area contributed by atoms with Crippen LogP contribution < -0.4 is 9.47 Å². The van der Waals surface area contributed by atoms with E-state index in [-0.39, 0.29) is 70.4 Å². The molecular formula is C45H64N2O10S. The molecule has 13 heteroatoms. The predicted molar refractivity (Wildman–Crippen MR) is 225 cm³/mol. The van der Waals surface area contributed by atoms with Crippen molar-refractivity contribution in [2.45, 2.75) is 94.0 Å². The van der Waals surface area contributed by atoms with Crippen LogP contribution in [-0.2, 0) is 19.0 Å². The molecule has 1 aliphatic heterocycles. The first-order valence-electron chi connectivity index (χ1n) is 20.7. The van der Waals surface area contributed by atoms with Gasteiger partial charge in [-0.1, -0.05) is 48.3 Å². The number of carbonyl (C=O) groups is 1. The van der Waals surface area contributed by atoms with Crippen LogP contribution in [0, 0.1) is 17.8 Å². The van der Waals surface area contributed by atoms with Gasteiger partial charge < -0.3 is 43.8 Å². The average Bonchev–Trinajstić information content (AvgIpc) is 3.22. The molecule has 0 saturated heterocycles. The fourth-order valence-corrected chi connectivity index (χ4v) is 9.34. The van der Waals surface area contributed by atoms with Crippen molar-refractivity contribution < 1.29 is 48.6 Å². The minimum atomic E-state index is -1.43. The van der Waals surface area contributed by atoms with Crippen LogP contribution in [0.25, 0.3) is 0 Å². The fraction of sp³-hybridized carbons (Fsp3) is 0.600. The van der Waals surface area contributed by atoms with Crippen LogP contribution in [0.2, 0.25) is 0 Å². The predicted octanol–water partition coefficient (Wildman–Crippen LogP) is 7.37. The molecule has 3 aliphatic rings. The van der Waals surface area contributed by atoms with E-state index in [1.54, 1.807) is 22.7 Å². The molecule has 0 bridgehead atoms. The number of benzene rings is 2. The van der Waals surface area contributed by atoms with Crippen molar-refractivity contribution in [2.24, 2.45) is 22.9 Å². The van der Waals surface area contributed by atoms with E-state index in [0.717, 1.165) is 48.3 Å². The number of thioether (sulfide) groups is 1. The highest BCUT2D eigenvalue weighted by Crippen LogP contribution is 2.62. The number of fused-ring (bicyclic) bond motifs is 2. The number of methoxy groups -OCH3 is 1. The Balaban J connectivity index is 1.69. The van der Waals surface area contributed by atoms with Crippen LogP contribution in [0.5, 0.6) is 11.5 Å². The molecule has 1 fully saturated rings. The summed E-state index contributed by atoms with van der Waals surface area (Å²) in [5.74, 6) is 0.209. The second-order valence-electron chi connectivity index (χ2n) is 16.0. The maximum Gasteiger partial charge on any atom is 0.410 e. The Labute approximate surface area is 348 Å². The van der Waals surface area contributed by atoms with Crippen LogP contribution in [-0.4, -0.2) is 115 Å². The first kappa shape index (κ1) is 45.5. The molecular weight excluding hydrogens is 761 g/mol. The van der Waals surface area contributed by atoms with Gasteiger partial charge in [0, 0.05) is 48.3 Å². The van der Waals surface area contributed by atoms with Gasteiger partial charge in [-0.25, -0.2) is 4.79 Å².